The molecular weight excluding hydrogens is 655 g/mol. The molecule has 0 saturated heterocycles. The van der Waals surface area contributed by atoms with Crippen LogP contribution in [0.1, 0.15) is 18.4 Å². The lowest BCUT2D eigenvalue weighted by Crippen LogP contribution is -2.18. The number of hydrogen-bond donors (Lipinski definition) is 0. The van der Waals surface area contributed by atoms with Gasteiger partial charge in [0.1, 0.15) is 11.2 Å². The third-order valence-corrected chi connectivity index (χ3v) is 11.4. The maximum absolute atomic E-state index is 6.39. The van der Waals surface area contributed by atoms with E-state index in [1.165, 1.54) is 82.1 Å². The summed E-state index contributed by atoms with van der Waals surface area (Å²) in [6.45, 7) is 0. The van der Waals surface area contributed by atoms with Gasteiger partial charge in [0.2, 0.25) is 0 Å². The average molecular weight is 690 g/mol. The lowest BCUT2D eigenvalue weighted by atomic mass is 9.87. The van der Waals surface area contributed by atoms with Crippen molar-refractivity contribution in [3.05, 3.63) is 199 Å². The number of para-hydroxylation sites is 3. The second-order valence-electron chi connectivity index (χ2n) is 14.3. The van der Waals surface area contributed by atoms with Gasteiger partial charge in [0.05, 0.1) is 5.69 Å². The first-order valence-corrected chi connectivity index (χ1v) is 18.8. The fourth-order valence-corrected chi connectivity index (χ4v) is 9.01. The molecule has 9 aromatic carbocycles. The lowest BCUT2D eigenvalue weighted by molar-refractivity contribution is 0.669. The highest BCUT2D eigenvalue weighted by molar-refractivity contribution is 6.36. The van der Waals surface area contributed by atoms with Crippen molar-refractivity contribution in [1.82, 2.24) is 0 Å². The Kier molecular flexibility index (Phi) is 7.03. The average Bonchev–Trinajstić information content (AvgIpc) is 3.63. The van der Waals surface area contributed by atoms with Crippen molar-refractivity contribution >= 4 is 82.0 Å². The summed E-state index contributed by atoms with van der Waals surface area (Å²) in [5, 5.41) is 12.4. The van der Waals surface area contributed by atoms with Crippen molar-refractivity contribution in [2.45, 2.75) is 12.8 Å². The lowest BCUT2D eigenvalue weighted by Gasteiger charge is -2.32. The van der Waals surface area contributed by atoms with E-state index in [1.807, 2.05) is 6.07 Å². The van der Waals surface area contributed by atoms with Crippen LogP contribution in [0.2, 0.25) is 0 Å². The van der Waals surface area contributed by atoms with Gasteiger partial charge in [-0.3, -0.25) is 0 Å². The zero-order valence-electron chi connectivity index (χ0n) is 29.7. The van der Waals surface area contributed by atoms with E-state index in [0.29, 0.717) is 0 Å². The Balaban J connectivity index is 1.14. The number of anilines is 2. The molecule has 0 saturated carbocycles. The number of benzene rings is 9. The standard InChI is InChI=1S/C52H35NO/c1-2-16-36(17-3-1)53(37-30-28-35(29-31-37)39-23-12-15-34-14-4-5-18-38(34)39)47-26-10-8-19-40(47)41-24-13-25-43-45-32-33-49-52(46-22-9-11-27-48(46)54-49)51(45)44-21-7-6-20-42(44)50(41)43/h1-28,30,32-33H,29,31H2. The molecule has 1 aromatic heterocycles. The fraction of sp³-hybridized carbons (Fsp3) is 0.0385. The number of allylic oxidation sites excluding steroid dienone is 4. The van der Waals surface area contributed by atoms with Gasteiger partial charge < -0.3 is 9.32 Å². The van der Waals surface area contributed by atoms with Crippen molar-refractivity contribution in [1.29, 1.82) is 0 Å². The van der Waals surface area contributed by atoms with E-state index in [2.05, 4.69) is 187 Å². The highest BCUT2D eigenvalue weighted by atomic mass is 16.3. The highest BCUT2D eigenvalue weighted by Crippen LogP contribution is 2.48. The first-order chi connectivity index (χ1) is 26.8. The Labute approximate surface area is 313 Å². The molecule has 1 heterocycles. The summed E-state index contributed by atoms with van der Waals surface area (Å²) in [5.41, 5.74) is 10.6. The van der Waals surface area contributed by atoms with Gasteiger partial charge in [-0.25, -0.2) is 0 Å². The van der Waals surface area contributed by atoms with Gasteiger partial charge >= 0.3 is 0 Å². The van der Waals surface area contributed by atoms with Crippen molar-refractivity contribution in [2.24, 2.45) is 0 Å². The molecule has 0 atom stereocenters. The molecule has 0 fully saturated rings. The van der Waals surface area contributed by atoms with Gasteiger partial charge in [-0.15, -0.1) is 0 Å². The summed E-state index contributed by atoms with van der Waals surface area (Å²) in [4.78, 5) is 2.48. The molecule has 0 amide bonds. The number of hydrogen-bond acceptors (Lipinski definition) is 2. The van der Waals surface area contributed by atoms with E-state index in [-0.39, 0.29) is 0 Å². The molecule has 254 valence electrons. The predicted molar refractivity (Wildman–Crippen MR) is 229 cm³/mol. The maximum Gasteiger partial charge on any atom is 0.136 e. The first kappa shape index (κ1) is 30.7. The van der Waals surface area contributed by atoms with Crippen molar-refractivity contribution < 1.29 is 4.42 Å². The molecule has 10 aromatic rings. The van der Waals surface area contributed by atoms with Crippen LogP contribution in [0.3, 0.4) is 0 Å². The summed E-state index contributed by atoms with van der Waals surface area (Å²) < 4.78 is 6.39. The van der Waals surface area contributed by atoms with Crippen LogP contribution >= 0.6 is 0 Å². The van der Waals surface area contributed by atoms with Gasteiger partial charge in [-0.1, -0.05) is 146 Å². The number of furan rings is 1. The SMILES string of the molecule is C1=C(c2cccc3ccccc23)CCC(N(c2ccccc2)c2ccccc2-c2cccc3c4ccc5oc6ccccc6c5c4c4ccccc4c23)=C1. The van der Waals surface area contributed by atoms with Crippen LogP contribution in [0.5, 0.6) is 0 Å². The molecule has 0 spiro atoms. The van der Waals surface area contributed by atoms with Crippen LogP contribution in [-0.4, -0.2) is 0 Å². The maximum atomic E-state index is 6.39. The van der Waals surface area contributed by atoms with Gasteiger partial charge in [0, 0.05) is 33.1 Å². The molecule has 0 bridgehead atoms. The van der Waals surface area contributed by atoms with E-state index in [0.717, 1.165) is 35.1 Å². The number of nitrogens with zero attached hydrogens (tertiary/aromatic N) is 1. The molecule has 2 nitrogen and oxygen atoms in total. The quantitative estimate of drug-likeness (QED) is 0.167. The minimum absolute atomic E-state index is 0.920. The highest BCUT2D eigenvalue weighted by Gasteiger charge is 2.23. The van der Waals surface area contributed by atoms with Crippen LogP contribution in [0.15, 0.2) is 198 Å². The van der Waals surface area contributed by atoms with E-state index < -0.39 is 0 Å². The molecular formula is C52H35NO. The summed E-state index contributed by atoms with van der Waals surface area (Å²) in [6.07, 6.45) is 6.58. The molecule has 0 unspecified atom stereocenters. The van der Waals surface area contributed by atoms with Gasteiger partial charge in [0.15, 0.2) is 0 Å². The molecule has 54 heavy (non-hydrogen) atoms. The van der Waals surface area contributed by atoms with E-state index >= 15 is 0 Å². The Morgan fingerprint density at radius 1 is 0.370 bits per heavy atom. The van der Waals surface area contributed by atoms with Crippen LogP contribution < -0.4 is 4.90 Å². The van der Waals surface area contributed by atoms with Gasteiger partial charge in [-0.05, 0) is 110 Å². The molecule has 1 aliphatic rings. The smallest absolute Gasteiger partial charge is 0.136 e. The third kappa shape index (κ3) is 4.74. The van der Waals surface area contributed by atoms with Gasteiger partial charge in [-0.2, -0.15) is 0 Å². The first-order valence-electron chi connectivity index (χ1n) is 18.8. The third-order valence-electron chi connectivity index (χ3n) is 11.4. The monoisotopic (exact) mass is 689 g/mol. The van der Waals surface area contributed by atoms with Crippen LogP contribution in [0, 0.1) is 0 Å². The molecule has 0 radical (unpaired) electrons. The summed E-state index contributed by atoms with van der Waals surface area (Å²) in [6, 6.07) is 63.7. The van der Waals surface area contributed by atoms with Gasteiger partial charge in [0.25, 0.3) is 0 Å². The number of rotatable bonds is 5. The van der Waals surface area contributed by atoms with E-state index in [1.54, 1.807) is 0 Å². The van der Waals surface area contributed by atoms with Crippen LogP contribution in [0.4, 0.5) is 11.4 Å². The normalized spacial score (nSPS) is 13.3. The minimum atomic E-state index is 0.920. The van der Waals surface area contributed by atoms with Crippen molar-refractivity contribution in [3.8, 4) is 11.1 Å². The molecule has 1 aliphatic carbocycles. The van der Waals surface area contributed by atoms with Crippen LogP contribution in [0.25, 0.3) is 81.7 Å². The van der Waals surface area contributed by atoms with Crippen LogP contribution in [-0.2, 0) is 0 Å². The zero-order chi connectivity index (χ0) is 35.6. The fourth-order valence-electron chi connectivity index (χ4n) is 9.01. The molecule has 0 N–H and O–H groups in total. The second kappa shape index (κ2) is 12.4. The molecule has 11 rings (SSSR count). The Hall–Kier alpha value is -6.90. The molecule has 2 heteroatoms. The molecule has 0 aliphatic heterocycles. The van der Waals surface area contributed by atoms with E-state index in [9.17, 15) is 0 Å². The van der Waals surface area contributed by atoms with Crippen molar-refractivity contribution in [3.63, 3.8) is 0 Å². The predicted octanol–water partition coefficient (Wildman–Crippen LogP) is 14.8. The van der Waals surface area contributed by atoms with E-state index in [4.69, 9.17) is 4.42 Å². The number of fused-ring (bicyclic) bond motifs is 11. The zero-order valence-corrected chi connectivity index (χ0v) is 29.7. The minimum Gasteiger partial charge on any atom is -0.456 e. The summed E-state index contributed by atoms with van der Waals surface area (Å²) in [7, 11) is 0. The Morgan fingerprint density at radius 2 is 0.981 bits per heavy atom. The Bertz CT molecular complexity index is 3130. The second-order valence-corrected chi connectivity index (χ2v) is 14.3. The Morgan fingerprint density at radius 3 is 1.81 bits per heavy atom. The van der Waals surface area contributed by atoms with Crippen molar-refractivity contribution in [2.75, 3.05) is 4.90 Å². The summed E-state index contributed by atoms with van der Waals surface area (Å²) >= 11 is 0. The topological polar surface area (TPSA) is 16.4 Å². The largest absolute Gasteiger partial charge is 0.456 e. The summed E-state index contributed by atoms with van der Waals surface area (Å²) in [5.74, 6) is 0.